The first kappa shape index (κ1) is 30.9. The van der Waals surface area contributed by atoms with Gasteiger partial charge in [-0.3, -0.25) is 29.6 Å². The molecular formula is C30H23ClN4O7S2. The Morgan fingerprint density at radius 2 is 1.82 bits per heavy atom. The summed E-state index contributed by atoms with van der Waals surface area (Å²) in [6.07, 6.45) is 1.05. The minimum Gasteiger partial charge on any atom is -0.459 e. The molecule has 11 nitrogen and oxygen atoms in total. The second-order valence-corrected chi connectivity index (χ2v) is 12.5. The van der Waals surface area contributed by atoms with Crippen LogP contribution >= 0.6 is 34.7 Å². The normalized spacial score (nSPS) is 14.8. The molecule has 0 radical (unpaired) electrons. The van der Waals surface area contributed by atoms with E-state index in [4.69, 9.17) is 16.3 Å². The lowest BCUT2D eigenvalue weighted by Crippen LogP contribution is -2.40. The number of benzene rings is 3. The third-order valence-corrected chi connectivity index (χ3v) is 8.81. The Balaban J connectivity index is 1.63. The number of rotatable bonds is 8. The second-order valence-electron chi connectivity index (χ2n) is 9.93. The van der Waals surface area contributed by atoms with Gasteiger partial charge < -0.3 is 4.74 Å². The summed E-state index contributed by atoms with van der Waals surface area (Å²) in [7, 11) is 0. The molecule has 0 fully saturated rings. The zero-order valence-corrected chi connectivity index (χ0v) is 25.8. The zero-order chi connectivity index (χ0) is 31.7. The third kappa shape index (κ3) is 6.34. The molecule has 0 amide bonds. The summed E-state index contributed by atoms with van der Waals surface area (Å²) in [6.45, 7) is 4.98. The maximum atomic E-state index is 13.9. The van der Waals surface area contributed by atoms with E-state index < -0.39 is 33.5 Å². The lowest BCUT2D eigenvalue weighted by molar-refractivity contribution is -0.387. The monoisotopic (exact) mass is 650 g/mol. The quantitative estimate of drug-likeness (QED) is 0.132. The van der Waals surface area contributed by atoms with Gasteiger partial charge in [0.25, 0.3) is 16.9 Å². The van der Waals surface area contributed by atoms with E-state index in [1.165, 1.54) is 46.7 Å². The second kappa shape index (κ2) is 12.6. The van der Waals surface area contributed by atoms with Crippen molar-refractivity contribution in [1.82, 2.24) is 4.57 Å². The van der Waals surface area contributed by atoms with Crippen molar-refractivity contribution in [3.05, 3.63) is 134 Å². The SMILES string of the molecule is CC1=C(C(=O)OC(C)C)[C@@H](c2cccc([N+](=O)[O-])c2)n2c(s/c(=C/c3ccc(Sc4ccc(Cl)cc4)c([N+](=O)[O-])c3)c2=O)=N1. The summed E-state index contributed by atoms with van der Waals surface area (Å²) in [5.41, 5.74) is 0.252. The lowest BCUT2D eigenvalue weighted by atomic mass is 9.95. The minimum atomic E-state index is -1.05. The van der Waals surface area contributed by atoms with Crippen molar-refractivity contribution in [3.63, 3.8) is 0 Å². The van der Waals surface area contributed by atoms with Crippen LogP contribution in [0, 0.1) is 20.2 Å². The molecule has 0 aliphatic carbocycles. The van der Waals surface area contributed by atoms with Crippen molar-refractivity contribution in [2.45, 2.75) is 42.7 Å². The molecule has 224 valence electrons. The summed E-state index contributed by atoms with van der Waals surface area (Å²) < 4.78 is 6.97. The predicted molar refractivity (Wildman–Crippen MR) is 167 cm³/mol. The van der Waals surface area contributed by atoms with Crippen molar-refractivity contribution in [2.75, 3.05) is 0 Å². The number of hydrogen-bond donors (Lipinski definition) is 0. The van der Waals surface area contributed by atoms with Crippen LogP contribution in [-0.4, -0.2) is 26.5 Å². The summed E-state index contributed by atoms with van der Waals surface area (Å²) in [6, 6.07) is 16.2. The van der Waals surface area contributed by atoms with E-state index in [-0.39, 0.29) is 26.3 Å². The molecule has 44 heavy (non-hydrogen) atoms. The highest BCUT2D eigenvalue weighted by Gasteiger charge is 2.34. The number of allylic oxidation sites excluding steroid dienone is 1. The van der Waals surface area contributed by atoms with Gasteiger partial charge >= 0.3 is 5.97 Å². The molecule has 0 bridgehead atoms. The van der Waals surface area contributed by atoms with Crippen LogP contribution in [0.4, 0.5) is 11.4 Å². The van der Waals surface area contributed by atoms with Crippen molar-refractivity contribution in [1.29, 1.82) is 0 Å². The van der Waals surface area contributed by atoms with E-state index in [2.05, 4.69) is 4.99 Å². The Morgan fingerprint density at radius 1 is 1.09 bits per heavy atom. The van der Waals surface area contributed by atoms with Crippen molar-refractivity contribution >= 4 is 58.1 Å². The number of nitro groups is 2. The number of thiazole rings is 1. The van der Waals surface area contributed by atoms with Crippen LogP contribution in [0.1, 0.15) is 37.9 Å². The Bertz CT molecular complexity index is 2040. The van der Waals surface area contributed by atoms with Crippen molar-refractivity contribution in [2.24, 2.45) is 4.99 Å². The van der Waals surface area contributed by atoms with Gasteiger partial charge in [0.15, 0.2) is 4.80 Å². The standard InChI is InChI=1S/C30H23ClN4O7S2/c1-16(2)42-29(37)26-17(3)32-30-33(27(26)19-5-4-6-21(15-19)34(38)39)28(36)25(44-30)14-18-7-12-24(23(13-18)35(40)41)43-22-10-8-20(31)9-11-22/h4-16,27H,1-3H3/b25-14+/t27-/m1/s1. The van der Waals surface area contributed by atoms with E-state index in [0.29, 0.717) is 26.7 Å². The highest BCUT2D eigenvalue weighted by Crippen LogP contribution is 2.36. The number of nitrogens with zero attached hydrogens (tertiary/aromatic N) is 4. The Morgan fingerprint density at radius 3 is 2.48 bits per heavy atom. The molecule has 4 aromatic rings. The van der Waals surface area contributed by atoms with E-state index in [0.717, 1.165) is 16.2 Å². The van der Waals surface area contributed by atoms with Crippen LogP contribution < -0.4 is 14.9 Å². The smallest absolute Gasteiger partial charge is 0.338 e. The van der Waals surface area contributed by atoms with E-state index >= 15 is 0 Å². The topological polar surface area (TPSA) is 147 Å². The molecule has 5 rings (SSSR count). The molecule has 2 heterocycles. The minimum absolute atomic E-state index is 0.0809. The largest absolute Gasteiger partial charge is 0.459 e. The van der Waals surface area contributed by atoms with Crippen LogP contribution in [0.2, 0.25) is 5.02 Å². The van der Waals surface area contributed by atoms with Crippen molar-refractivity contribution in [3.8, 4) is 0 Å². The molecule has 0 saturated carbocycles. The van der Waals surface area contributed by atoms with Crippen molar-refractivity contribution < 1.29 is 19.4 Å². The first-order chi connectivity index (χ1) is 20.9. The van der Waals surface area contributed by atoms with Crippen LogP contribution in [-0.2, 0) is 9.53 Å². The summed E-state index contributed by atoms with van der Waals surface area (Å²) in [4.78, 5) is 55.6. The lowest BCUT2D eigenvalue weighted by Gasteiger charge is -2.25. The van der Waals surface area contributed by atoms with Gasteiger partial charge in [-0.25, -0.2) is 9.79 Å². The molecule has 1 aromatic heterocycles. The fourth-order valence-corrected chi connectivity index (χ4v) is 6.69. The molecule has 14 heteroatoms. The summed E-state index contributed by atoms with van der Waals surface area (Å²) in [5.74, 6) is -0.698. The number of carbonyl (C=O) groups excluding carboxylic acids is 1. The average Bonchev–Trinajstić information content (AvgIpc) is 3.27. The van der Waals surface area contributed by atoms with E-state index in [1.54, 1.807) is 63.2 Å². The highest BCUT2D eigenvalue weighted by atomic mass is 35.5. The number of fused-ring (bicyclic) bond motifs is 1. The number of esters is 1. The molecule has 0 unspecified atom stereocenters. The Hall–Kier alpha value is -4.59. The molecular weight excluding hydrogens is 628 g/mol. The Labute approximate surface area is 263 Å². The van der Waals surface area contributed by atoms with Gasteiger partial charge in [0, 0.05) is 28.1 Å². The first-order valence-electron chi connectivity index (χ1n) is 13.1. The van der Waals surface area contributed by atoms with Crippen LogP contribution in [0.15, 0.2) is 97.6 Å². The number of ether oxygens (including phenoxy) is 1. The molecule has 1 atom stereocenters. The average molecular weight is 651 g/mol. The Kier molecular flexibility index (Phi) is 8.81. The van der Waals surface area contributed by atoms with E-state index in [1.807, 2.05) is 0 Å². The van der Waals surface area contributed by atoms with Gasteiger partial charge in [-0.1, -0.05) is 52.9 Å². The molecule has 0 spiro atoms. The number of halogens is 1. The number of carbonyl (C=O) groups is 1. The number of nitro benzene ring substituents is 2. The predicted octanol–water partition coefficient (Wildman–Crippen LogP) is 5.81. The molecule has 3 aromatic carbocycles. The highest BCUT2D eigenvalue weighted by molar-refractivity contribution is 7.99. The van der Waals surface area contributed by atoms with Gasteiger partial charge in [0.05, 0.1) is 42.7 Å². The van der Waals surface area contributed by atoms with Gasteiger partial charge in [-0.05, 0) is 68.3 Å². The number of non-ortho nitro benzene ring substituents is 1. The van der Waals surface area contributed by atoms with Gasteiger partial charge in [0.2, 0.25) is 0 Å². The maximum absolute atomic E-state index is 13.9. The van der Waals surface area contributed by atoms with E-state index in [9.17, 15) is 29.8 Å². The number of hydrogen-bond acceptors (Lipinski definition) is 10. The van der Waals surface area contributed by atoms with Gasteiger partial charge in [-0.15, -0.1) is 0 Å². The number of aromatic nitrogens is 1. The first-order valence-corrected chi connectivity index (χ1v) is 15.1. The third-order valence-electron chi connectivity index (χ3n) is 6.50. The van der Waals surface area contributed by atoms with Crippen LogP contribution in [0.3, 0.4) is 0 Å². The maximum Gasteiger partial charge on any atom is 0.338 e. The molecule has 1 aliphatic rings. The fraction of sp³-hybridized carbons (Fsp3) is 0.167. The fourth-order valence-electron chi connectivity index (χ4n) is 4.62. The van der Waals surface area contributed by atoms with Gasteiger partial charge in [0.1, 0.15) is 0 Å². The molecule has 1 aliphatic heterocycles. The zero-order valence-electron chi connectivity index (χ0n) is 23.4. The van der Waals surface area contributed by atoms with Crippen LogP contribution in [0.5, 0.6) is 0 Å². The van der Waals surface area contributed by atoms with Crippen LogP contribution in [0.25, 0.3) is 6.08 Å². The van der Waals surface area contributed by atoms with Gasteiger partial charge in [-0.2, -0.15) is 0 Å². The summed E-state index contributed by atoms with van der Waals surface area (Å²) in [5, 5.41) is 24.1. The summed E-state index contributed by atoms with van der Waals surface area (Å²) >= 11 is 8.20. The molecule has 0 saturated heterocycles. The molecule has 0 N–H and O–H groups in total.